The Balaban J connectivity index is 0.00000256. The first kappa shape index (κ1) is 16.4. The molecule has 3 N–H and O–H groups in total. The van der Waals surface area contributed by atoms with Crippen LogP contribution in [0.4, 0.5) is 0 Å². The number of benzene rings is 1. The molecule has 1 rings (SSSR count). The molecule has 2 atom stereocenters. The number of halogens is 2. The molecule has 0 radical (unpaired) electrons. The number of nitrogens with two attached hydrogens (primary N) is 1. The van der Waals surface area contributed by atoms with Gasteiger partial charge in [-0.15, -0.1) is 12.4 Å². The van der Waals surface area contributed by atoms with Crippen molar-refractivity contribution in [3.05, 3.63) is 34.3 Å². The van der Waals surface area contributed by atoms with Crippen LogP contribution in [0.25, 0.3) is 0 Å². The van der Waals surface area contributed by atoms with Crippen molar-refractivity contribution in [2.24, 2.45) is 11.7 Å². The standard InChI is InChI=1S/C12H17BrN2O.ClH/c1-8(7-14)12(16)15-9(2)10-5-3-4-6-11(10)13;/h3-6,8-9H,7,14H2,1-2H3,(H,15,16);1H. The van der Waals surface area contributed by atoms with Gasteiger partial charge >= 0.3 is 0 Å². The zero-order chi connectivity index (χ0) is 12.1. The molecule has 0 heterocycles. The zero-order valence-corrected chi connectivity index (χ0v) is 12.3. The summed E-state index contributed by atoms with van der Waals surface area (Å²) in [5, 5.41) is 2.94. The zero-order valence-electron chi connectivity index (χ0n) is 9.94. The maximum atomic E-state index is 11.7. The fourth-order valence-electron chi connectivity index (χ4n) is 1.37. The minimum absolute atomic E-state index is 0. The summed E-state index contributed by atoms with van der Waals surface area (Å²) in [6.07, 6.45) is 0. The normalized spacial score (nSPS) is 13.4. The molecule has 0 aromatic heterocycles. The van der Waals surface area contributed by atoms with Crippen LogP contribution in [0.15, 0.2) is 28.7 Å². The summed E-state index contributed by atoms with van der Waals surface area (Å²) in [5.74, 6) is -0.157. The van der Waals surface area contributed by atoms with Gasteiger partial charge in [0.25, 0.3) is 0 Å². The van der Waals surface area contributed by atoms with Gasteiger partial charge in [-0.2, -0.15) is 0 Å². The van der Waals surface area contributed by atoms with E-state index in [0.29, 0.717) is 6.54 Å². The predicted molar refractivity (Wildman–Crippen MR) is 76.2 cm³/mol. The van der Waals surface area contributed by atoms with Gasteiger partial charge in [0, 0.05) is 16.9 Å². The number of hydrogen-bond donors (Lipinski definition) is 2. The summed E-state index contributed by atoms with van der Waals surface area (Å²) in [5.41, 5.74) is 6.52. The molecule has 3 nitrogen and oxygen atoms in total. The Morgan fingerprint density at radius 1 is 1.41 bits per heavy atom. The van der Waals surface area contributed by atoms with Gasteiger partial charge in [-0.3, -0.25) is 4.79 Å². The molecular weight excluding hydrogens is 304 g/mol. The molecular formula is C12H18BrClN2O. The molecule has 0 aliphatic rings. The molecule has 96 valence electrons. The van der Waals surface area contributed by atoms with E-state index in [1.807, 2.05) is 38.1 Å². The Kier molecular flexibility index (Phi) is 7.43. The van der Waals surface area contributed by atoms with E-state index in [-0.39, 0.29) is 30.3 Å². The molecule has 2 unspecified atom stereocenters. The molecule has 0 spiro atoms. The van der Waals surface area contributed by atoms with E-state index >= 15 is 0 Å². The van der Waals surface area contributed by atoms with E-state index in [9.17, 15) is 4.79 Å². The number of carbonyl (C=O) groups is 1. The second-order valence-corrected chi connectivity index (χ2v) is 4.74. The maximum Gasteiger partial charge on any atom is 0.224 e. The Morgan fingerprint density at radius 3 is 2.53 bits per heavy atom. The number of hydrogen-bond acceptors (Lipinski definition) is 2. The quantitative estimate of drug-likeness (QED) is 0.896. The predicted octanol–water partition coefficient (Wildman–Crippen LogP) is 2.64. The van der Waals surface area contributed by atoms with Crippen LogP contribution >= 0.6 is 28.3 Å². The van der Waals surface area contributed by atoms with E-state index in [4.69, 9.17) is 5.73 Å². The molecule has 0 saturated carbocycles. The lowest BCUT2D eigenvalue weighted by Gasteiger charge is -2.18. The van der Waals surface area contributed by atoms with Crippen molar-refractivity contribution in [2.45, 2.75) is 19.9 Å². The summed E-state index contributed by atoms with van der Waals surface area (Å²) in [6.45, 7) is 4.15. The fourth-order valence-corrected chi connectivity index (χ4v) is 1.99. The molecule has 0 aliphatic carbocycles. The first-order valence-electron chi connectivity index (χ1n) is 5.31. The van der Waals surface area contributed by atoms with Crippen molar-refractivity contribution in [1.82, 2.24) is 5.32 Å². The minimum atomic E-state index is -0.148. The molecule has 1 aromatic carbocycles. The molecule has 0 fully saturated rings. The molecule has 1 amide bonds. The highest BCUT2D eigenvalue weighted by Gasteiger charge is 2.15. The van der Waals surface area contributed by atoms with Crippen LogP contribution in [0.3, 0.4) is 0 Å². The second kappa shape index (κ2) is 7.69. The molecule has 0 aliphatic heterocycles. The second-order valence-electron chi connectivity index (χ2n) is 3.89. The summed E-state index contributed by atoms with van der Waals surface area (Å²) < 4.78 is 1.00. The van der Waals surface area contributed by atoms with E-state index in [2.05, 4.69) is 21.2 Å². The summed E-state index contributed by atoms with van der Waals surface area (Å²) in [4.78, 5) is 11.7. The third-order valence-electron chi connectivity index (χ3n) is 2.53. The molecule has 5 heteroatoms. The van der Waals surface area contributed by atoms with Crippen LogP contribution in [0.2, 0.25) is 0 Å². The number of carbonyl (C=O) groups excluding carboxylic acids is 1. The van der Waals surface area contributed by atoms with Gasteiger partial charge in [0.2, 0.25) is 5.91 Å². The lowest BCUT2D eigenvalue weighted by Crippen LogP contribution is -2.35. The first-order valence-corrected chi connectivity index (χ1v) is 6.10. The van der Waals surface area contributed by atoms with Crippen LogP contribution in [0, 0.1) is 5.92 Å². The van der Waals surface area contributed by atoms with Gasteiger partial charge in [-0.1, -0.05) is 41.1 Å². The highest BCUT2D eigenvalue weighted by molar-refractivity contribution is 9.10. The average Bonchev–Trinajstić information content (AvgIpc) is 2.28. The van der Waals surface area contributed by atoms with E-state index in [0.717, 1.165) is 10.0 Å². The van der Waals surface area contributed by atoms with Gasteiger partial charge in [0.05, 0.1) is 6.04 Å². The molecule has 0 saturated heterocycles. The topological polar surface area (TPSA) is 55.1 Å². The van der Waals surface area contributed by atoms with Crippen molar-refractivity contribution in [2.75, 3.05) is 6.54 Å². The van der Waals surface area contributed by atoms with Crippen LogP contribution in [-0.4, -0.2) is 12.5 Å². The summed E-state index contributed by atoms with van der Waals surface area (Å²) >= 11 is 3.46. The lowest BCUT2D eigenvalue weighted by atomic mass is 10.1. The Bertz CT molecular complexity index is 373. The van der Waals surface area contributed by atoms with Gasteiger partial charge < -0.3 is 11.1 Å². The minimum Gasteiger partial charge on any atom is -0.349 e. The number of amides is 1. The van der Waals surface area contributed by atoms with E-state index in [1.54, 1.807) is 0 Å². The van der Waals surface area contributed by atoms with E-state index < -0.39 is 0 Å². The molecule has 1 aromatic rings. The van der Waals surface area contributed by atoms with Gasteiger partial charge in [-0.25, -0.2) is 0 Å². The Morgan fingerprint density at radius 2 is 2.00 bits per heavy atom. The largest absolute Gasteiger partial charge is 0.349 e. The molecule has 17 heavy (non-hydrogen) atoms. The molecule has 0 bridgehead atoms. The van der Waals surface area contributed by atoms with Gasteiger partial charge in [-0.05, 0) is 18.6 Å². The van der Waals surface area contributed by atoms with Gasteiger partial charge in [0.1, 0.15) is 0 Å². The van der Waals surface area contributed by atoms with Crippen LogP contribution < -0.4 is 11.1 Å². The third kappa shape index (κ3) is 4.66. The number of rotatable bonds is 4. The average molecular weight is 322 g/mol. The third-order valence-corrected chi connectivity index (χ3v) is 3.25. The Hall–Kier alpha value is -0.580. The lowest BCUT2D eigenvalue weighted by molar-refractivity contribution is -0.124. The monoisotopic (exact) mass is 320 g/mol. The summed E-state index contributed by atoms with van der Waals surface area (Å²) in [6, 6.07) is 7.84. The highest BCUT2D eigenvalue weighted by atomic mass is 79.9. The van der Waals surface area contributed by atoms with Crippen molar-refractivity contribution in [3.63, 3.8) is 0 Å². The SMILES string of the molecule is CC(CN)C(=O)NC(C)c1ccccc1Br.Cl. The fraction of sp³-hybridized carbons (Fsp3) is 0.417. The Labute approximate surface area is 117 Å². The van der Waals surface area contributed by atoms with Crippen LogP contribution in [0.5, 0.6) is 0 Å². The maximum absolute atomic E-state index is 11.7. The summed E-state index contributed by atoms with van der Waals surface area (Å²) in [7, 11) is 0. The highest BCUT2D eigenvalue weighted by Crippen LogP contribution is 2.22. The first-order chi connectivity index (χ1) is 7.56. The van der Waals surface area contributed by atoms with Crippen LogP contribution in [-0.2, 0) is 4.79 Å². The van der Waals surface area contributed by atoms with Crippen molar-refractivity contribution in [3.8, 4) is 0 Å². The van der Waals surface area contributed by atoms with Crippen molar-refractivity contribution in [1.29, 1.82) is 0 Å². The van der Waals surface area contributed by atoms with Gasteiger partial charge in [0.15, 0.2) is 0 Å². The van der Waals surface area contributed by atoms with E-state index in [1.165, 1.54) is 0 Å². The van der Waals surface area contributed by atoms with Crippen molar-refractivity contribution < 1.29 is 4.79 Å². The van der Waals surface area contributed by atoms with Crippen molar-refractivity contribution >= 4 is 34.2 Å². The smallest absolute Gasteiger partial charge is 0.224 e. The number of nitrogens with one attached hydrogen (secondary N) is 1. The van der Waals surface area contributed by atoms with Crippen LogP contribution in [0.1, 0.15) is 25.5 Å².